The van der Waals surface area contributed by atoms with Gasteiger partial charge in [-0.1, -0.05) is 12.1 Å². The summed E-state index contributed by atoms with van der Waals surface area (Å²) in [6.45, 7) is 8.70. The lowest BCUT2D eigenvalue weighted by molar-refractivity contribution is 0.867. The van der Waals surface area contributed by atoms with E-state index in [9.17, 15) is 0 Å². The summed E-state index contributed by atoms with van der Waals surface area (Å²) in [6, 6.07) is 6.82. The molecule has 0 saturated heterocycles. The van der Waals surface area contributed by atoms with Crippen molar-refractivity contribution in [2.75, 3.05) is 24.3 Å². The summed E-state index contributed by atoms with van der Waals surface area (Å²) in [5.41, 5.74) is 7.56. The highest BCUT2D eigenvalue weighted by atomic mass is 15.1. The van der Waals surface area contributed by atoms with Crippen LogP contribution in [0.5, 0.6) is 0 Å². The molecule has 1 heterocycles. The normalized spacial score (nSPS) is 12.1. The van der Waals surface area contributed by atoms with E-state index in [1.54, 1.807) is 0 Å². The Morgan fingerprint density at radius 3 is 2.38 bits per heavy atom. The second-order valence-electron chi connectivity index (χ2n) is 5.95. The third-order valence-electron chi connectivity index (χ3n) is 4.00. The monoisotopic (exact) mass is 283 g/mol. The predicted octanol–water partition coefficient (Wildman–Crippen LogP) is 4.25. The van der Waals surface area contributed by atoms with Crippen LogP contribution in [0.15, 0.2) is 30.6 Å². The van der Waals surface area contributed by atoms with Gasteiger partial charge in [-0.3, -0.25) is 4.98 Å². The minimum atomic E-state index is 0.243. The van der Waals surface area contributed by atoms with Gasteiger partial charge in [-0.05, 0) is 56.0 Å². The van der Waals surface area contributed by atoms with Crippen molar-refractivity contribution in [2.24, 2.45) is 0 Å². The third-order valence-corrected chi connectivity index (χ3v) is 4.00. The van der Waals surface area contributed by atoms with Gasteiger partial charge >= 0.3 is 0 Å². The molecule has 21 heavy (non-hydrogen) atoms. The standard InChI is InChI=1S/C18H25N3/c1-12-9-14(3)16(10-13(12)2)15(4)20-17-11-19-8-7-18(17)21(5)6/h7-11,15,20H,1-6H3. The lowest BCUT2D eigenvalue weighted by atomic mass is 9.96. The fourth-order valence-corrected chi connectivity index (χ4v) is 2.65. The van der Waals surface area contributed by atoms with Crippen molar-refractivity contribution < 1.29 is 0 Å². The maximum atomic E-state index is 4.24. The number of pyridine rings is 1. The molecule has 2 rings (SSSR count). The molecular formula is C18H25N3. The zero-order chi connectivity index (χ0) is 15.6. The molecule has 3 nitrogen and oxygen atoms in total. The molecular weight excluding hydrogens is 258 g/mol. The smallest absolute Gasteiger partial charge is 0.0768 e. The number of aryl methyl sites for hydroxylation is 3. The van der Waals surface area contributed by atoms with Gasteiger partial charge in [0.05, 0.1) is 17.6 Å². The summed E-state index contributed by atoms with van der Waals surface area (Å²) in [5, 5.41) is 3.59. The minimum Gasteiger partial charge on any atom is -0.376 e. The van der Waals surface area contributed by atoms with Crippen LogP contribution < -0.4 is 10.2 Å². The van der Waals surface area contributed by atoms with E-state index in [0.29, 0.717) is 0 Å². The first kappa shape index (κ1) is 15.4. The van der Waals surface area contributed by atoms with E-state index in [1.807, 2.05) is 32.6 Å². The number of nitrogens with one attached hydrogen (secondary N) is 1. The molecule has 1 aromatic heterocycles. The number of aromatic nitrogens is 1. The number of nitrogens with zero attached hydrogens (tertiary/aromatic N) is 2. The second kappa shape index (κ2) is 6.17. The van der Waals surface area contributed by atoms with Crippen molar-refractivity contribution in [3.8, 4) is 0 Å². The average molecular weight is 283 g/mol. The summed E-state index contributed by atoms with van der Waals surface area (Å²) >= 11 is 0. The number of hydrogen-bond donors (Lipinski definition) is 1. The predicted molar refractivity (Wildman–Crippen MR) is 91.3 cm³/mol. The highest BCUT2D eigenvalue weighted by Gasteiger charge is 2.12. The van der Waals surface area contributed by atoms with Gasteiger partial charge in [0.25, 0.3) is 0 Å². The molecule has 0 amide bonds. The Morgan fingerprint density at radius 2 is 1.71 bits per heavy atom. The van der Waals surface area contributed by atoms with Crippen LogP contribution in [0.2, 0.25) is 0 Å². The Bertz CT molecular complexity index is 632. The van der Waals surface area contributed by atoms with Crippen molar-refractivity contribution in [3.63, 3.8) is 0 Å². The number of rotatable bonds is 4. The SMILES string of the molecule is Cc1cc(C)c(C(C)Nc2cnccc2N(C)C)cc1C. The van der Waals surface area contributed by atoms with E-state index >= 15 is 0 Å². The lowest BCUT2D eigenvalue weighted by Crippen LogP contribution is -2.15. The van der Waals surface area contributed by atoms with Crippen LogP contribution in [-0.4, -0.2) is 19.1 Å². The molecule has 0 spiro atoms. The van der Waals surface area contributed by atoms with Gasteiger partial charge in [-0.15, -0.1) is 0 Å². The van der Waals surface area contributed by atoms with Crippen LogP contribution in [-0.2, 0) is 0 Å². The topological polar surface area (TPSA) is 28.2 Å². The molecule has 0 bridgehead atoms. The molecule has 3 heteroatoms. The molecule has 1 atom stereocenters. The van der Waals surface area contributed by atoms with Crippen molar-refractivity contribution in [1.82, 2.24) is 4.98 Å². The minimum absolute atomic E-state index is 0.243. The molecule has 2 aromatic rings. The van der Waals surface area contributed by atoms with Gasteiger partial charge in [-0.2, -0.15) is 0 Å². The molecule has 0 aliphatic carbocycles. The van der Waals surface area contributed by atoms with Crippen molar-refractivity contribution >= 4 is 11.4 Å². The summed E-state index contributed by atoms with van der Waals surface area (Å²) in [7, 11) is 4.10. The van der Waals surface area contributed by atoms with Crippen molar-refractivity contribution in [3.05, 3.63) is 52.8 Å². The van der Waals surface area contributed by atoms with Crippen LogP contribution in [0.1, 0.15) is 35.2 Å². The summed E-state index contributed by atoms with van der Waals surface area (Å²) in [4.78, 5) is 6.34. The first-order valence-corrected chi connectivity index (χ1v) is 7.35. The molecule has 1 N–H and O–H groups in total. The molecule has 0 aliphatic heterocycles. The van der Waals surface area contributed by atoms with E-state index < -0.39 is 0 Å². The molecule has 0 saturated carbocycles. The highest BCUT2D eigenvalue weighted by Crippen LogP contribution is 2.29. The van der Waals surface area contributed by atoms with Gasteiger partial charge in [-0.25, -0.2) is 0 Å². The van der Waals surface area contributed by atoms with Crippen molar-refractivity contribution in [1.29, 1.82) is 0 Å². The average Bonchev–Trinajstić information content (AvgIpc) is 2.43. The van der Waals surface area contributed by atoms with Crippen LogP contribution in [0.4, 0.5) is 11.4 Å². The Labute approximate surface area is 128 Å². The largest absolute Gasteiger partial charge is 0.376 e. The maximum absolute atomic E-state index is 4.24. The Morgan fingerprint density at radius 1 is 1.05 bits per heavy atom. The van der Waals surface area contributed by atoms with Crippen molar-refractivity contribution in [2.45, 2.75) is 33.7 Å². The fourth-order valence-electron chi connectivity index (χ4n) is 2.65. The fraction of sp³-hybridized carbons (Fsp3) is 0.389. The third kappa shape index (κ3) is 3.35. The van der Waals surface area contributed by atoms with Gasteiger partial charge in [0, 0.05) is 26.3 Å². The molecule has 0 aliphatic rings. The number of benzene rings is 1. The van der Waals surface area contributed by atoms with Gasteiger partial charge in [0.15, 0.2) is 0 Å². The lowest BCUT2D eigenvalue weighted by Gasteiger charge is -2.23. The quantitative estimate of drug-likeness (QED) is 0.909. The number of anilines is 2. The molecule has 0 fully saturated rings. The Hall–Kier alpha value is -2.03. The Kier molecular flexibility index (Phi) is 4.51. The first-order valence-electron chi connectivity index (χ1n) is 7.35. The zero-order valence-corrected chi connectivity index (χ0v) is 13.9. The highest BCUT2D eigenvalue weighted by molar-refractivity contribution is 5.68. The van der Waals surface area contributed by atoms with Crippen LogP contribution in [0.25, 0.3) is 0 Å². The Balaban J connectivity index is 2.30. The zero-order valence-electron chi connectivity index (χ0n) is 13.9. The van der Waals surface area contributed by atoms with E-state index in [0.717, 1.165) is 11.4 Å². The van der Waals surface area contributed by atoms with E-state index in [2.05, 4.69) is 55.0 Å². The maximum Gasteiger partial charge on any atom is 0.0768 e. The van der Waals surface area contributed by atoms with Gasteiger partial charge < -0.3 is 10.2 Å². The molecule has 1 aromatic carbocycles. The van der Waals surface area contributed by atoms with Gasteiger partial charge in [0.2, 0.25) is 0 Å². The van der Waals surface area contributed by atoms with Crippen LogP contribution in [0.3, 0.4) is 0 Å². The van der Waals surface area contributed by atoms with Gasteiger partial charge in [0.1, 0.15) is 0 Å². The van der Waals surface area contributed by atoms with E-state index in [4.69, 9.17) is 0 Å². The van der Waals surface area contributed by atoms with E-state index in [-0.39, 0.29) is 6.04 Å². The first-order chi connectivity index (χ1) is 9.90. The van der Waals surface area contributed by atoms with Crippen LogP contribution in [0, 0.1) is 20.8 Å². The van der Waals surface area contributed by atoms with Crippen LogP contribution >= 0.6 is 0 Å². The molecule has 1 unspecified atom stereocenters. The molecule has 0 radical (unpaired) electrons. The summed E-state index contributed by atoms with van der Waals surface area (Å²) < 4.78 is 0. The van der Waals surface area contributed by atoms with E-state index in [1.165, 1.54) is 22.3 Å². The second-order valence-corrected chi connectivity index (χ2v) is 5.95. The number of hydrogen-bond acceptors (Lipinski definition) is 3. The summed E-state index contributed by atoms with van der Waals surface area (Å²) in [5.74, 6) is 0. The summed E-state index contributed by atoms with van der Waals surface area (Å²) in [6.07, 6.45) is 3.72. The molecule has 112 valence electrons.